The summed E-state index contributed by atoms with van der Waals surface area (Å²) in [5.74, 6) is 2.77. The lowest BCUT2D eigenvalue weighted by molar-refractivity contribution is -0.152. The van der Waals surface area contributed by atoms with E-state index in [1.165, 1.54) is 23.3 Å². The molecule has 1 N–H and O–H groups in total. The number of hydrogen-bond acceptors (Lipinski definition) is 2. The first-order valence-corrected chi connectivity index (χ1v) is 8.03. The van der Waals surface area contributed by atoms with Gasteiger partial charge in [-0.15, -0.1) is 11.3 Å². The normalized spacial score (nSPS) is 39.2. The van der Waals surface area contributed by atoms with E-state index in [1.807, 2.05) is 0 Å². The topological polar surface area (TPSA) is 20.2 Å². The lowest BCUT2D eigenvalue weighted by Gasteiger charge is -2.62. The molecule has 0 spiro atoms. The van der Waals surface area contributed by atoms with E-state index < -0.39 is 0 Å². The zero-order valence-corrected chi connectivity index (χ0v) is 12.6. The maximum atomic E-state index is 10.7. The number of thiophene rings is 1. The second-order valence-electron chi connectivity index (χ2n) is 7.03. The molecule has 3 saturated carbocycles. The third-order valence-corrected chi connectivity index (χ3v) is 7.08. The Kier molecular flexibility index (Phi) is 2.87. The Hall–Kier alpha value is -0.340. The summed E-state index contributed by atoms with van der Waals surface area (Å²) in [7, 11) is 0. The molecule has 0 saturated heterocycles. The van der Waals surface area contributed by atoms with Crippen molar-refractivity contribution < 1.29 is 5.11 Å². The molecule has 3 aliphatic carbocycles. The smallest absolute Gasteiger partial charge is 0.0915 e. The van der Waals surface area contributed by atoms with Gasteiger partial charge in [-0.05, 0) is 65.9 Å². The number of aliphatic hydroxyl groups excluding tert-OH is 1. The minimum Gasteiger partial charge on any atom is -0.387 e. The molecule has 1 heterocycles. The molecule has 0 aliphatic heterocycles. The van der Waals surface area contributed by atoms with Gasteiger partial charge < -0.3 is 5.11 Å². The molecule has 0 amide bonds. The minimum atomic E-state index is -0.235. The highest BCUT2D eigenvalue weighted by Crippen LogP contribution is 2.64. The van der Waals surface area contributed by atoms with Crippen molar-refractivity contribution in [3.8, 4) is 0 Å². The van der Waals surface area contributed by atoms with Crippen LogP contribution < -0.4 is 0 Å². The molecule has 3 aliphatic rings. The van der Waals surface area contributed by atoms with Crippen LogP contribution in [-0.2, 0) is 0 Å². The van der Waals surface area contributed by atoms with Crippen molar-refractivity contribution in [2.24, 2.45) is 29.1 Å². The van der Waals surface area contributed by atoms with Crippen molar-refractivity contribution in [1.29, 1.82) is 0 Å². The molecule has 2 bridgehead atoms. The average molecular weight is 264 g/mol. The van der Waals surface area contributed by atoms with Crippen molar-refractivity contribution >= 4 is 11.3 Å². The Morgan fingerprint density at radius 1 is 1.39 bits per heavy atom. The third kappa shape index (κ3) is 1.61. The van der Waals surface area contributed by atoms with E-state index >= 15 is 0 Å². The van der Waals surface area contributed by atoms with Crippen molar-refractivity contribution in [3.63, 3.8) is 0 Å². The molecule has 18 heavy (non-hydrogen) atoms. The van der Waals surface area contributed by atoms with E-state index in [4.69, 9.17) is 0 Å². The van der Waals surface area contributed by atoms with Crippen molar-refractivity contribution in [2.45, 2.75) is 46.6 Å². The standard InChI is InChI=1S/C16H24OS/c1-9-5-6-18-15(9)14(17)12-7-11-8-13(10(12)2)16(11,3)4/h5-6,10-14,17H,7-8H2,1-4H3/t10-,11+,12+,13+,14?/m0/s1. The molecule has 1 aromatic rings. The van der Waals surface area contributed by atoms with Gasteiger partial charge in [-0.2, -0.15) is 0 Å². The average Bonchev–Trinajstić information content (AvgIpc) is 2.74. The molecule has 3 fully saturated rings. The van der Waals surface area contributed by atoms with Crippen LogP contribution in [-0.4, -0.2) is 5.11 Å². The summed E-state index contributed by atoms with van der Waals surface area (Å²) in [5.41, 5.74) is 1.78. The molecule has 4 rings (SSSR count). The first-order valence-electron chi connectivity index (χ1n) is 7.15. The fourth-order valence-corrected chi connectivity index (χ4v) is 5.48. The summed E-state index contributed by atoms with van der Waals surface area (Å²) in [6.45, 7) is 9.31. The van der Waals surface area contributed by atoms with Crippen LogP contribution in [0.4, 0.5) is 0 Å². The maximum absolute atomic E-state index is 10.7. The van der Waals surface area contributed by atoms with Gasteiger partial charge in [0.2, 0.25) is 0 Å². The van der Waals surface area contributed by atoms with Gasteiger partial charge in [-0.3, -0.25) is 0 Å². The number of aliphatic hydroxyl groups is 1. The van der Waals surface area contributed by atoms with E-state index in [9.17, 15) is 5.11 Å². The highest BCUT2D eigenvalue weighted by Gasteiger charge is 2.57. The van der Waals surface area contributed by atoms with Crippen LogP contribution in [0.5, 0.6) is 0 Å². The zero-order chi connectivity index (χ0) is 13.1. The lowest BCUT2D eigenvalue weighted by atomic mass is 9.43. The Bertz CT molecular complexity index is 448. The van der Waals surface area contributed by atoms with Gasteiger partial charge in [0.25, 0.3) is 0 Å². The monoisotopic (exact) mass is 264 g/mol. The highest BCUT2D eigenvalue weighted by atomic mass is 32.1. The van der Waals surface area contributed by atoms with E-state index in [0.717, 1.165) is 11.8 Å². The molecule has 5 atom stereocenters. The summed E-state index contributed by atoms with van der Waals surface area (Å²) in [4.78, 5) is 1.20. The number of rotatable bonds is 2. The fourth-order valence-electron chi connectivity index (χ4n) is 4.49. The summed E-state index contributed by atoms with van der Waals surface area (Å²) in [6, 6.07) is 2.13. The molecule has 100 valence electrons. The predicted molar refractivity (Wildman–Crippen MR) is 76.7 cm³/mol. The van der Waals surface area contributed by atoms with Gasteiger partial charge in [-0.25, -0.2) is 0 Å². The molecule has 1 unspecified atom stereocenters. The molecule has 1 aromatic heterocycles. The molecule has 0 aromatic carbocycles. The largest absolute Gasteiger partial charge is 0.387 e. The number of hydrogen-bond donors (Lipinski definition) is 1. The zero-order valence-electron chi connectivity index (χ0n) is 11.8. The van der Waals surface area contributed by atoms with Crippen LogP contribution in [0, 0.1) is 36.0 Å². The second kappa shape index (κ2) is 4.08. The van der Waals surface area contributed by atoms with E-state index in [2.05, 4.69) is 39.1 Å². The molecule has 1 nitrogen and oxygen atoms in total. The van der Waals surface area contributed by atoms with Crippen LogP contribution in [0.25, 0.3) is 0 Å². The summed E-state index contributed by atoms with van der Waals surface area (Å²) in [5, 5.41) is 12.8. The SMILES string of the molecule is Cc1ccsc1C(O)[C@@H]1C[C@@H]2C[C@H]([C@H]1C)C2(C)C. The van der Waals surface area contributed by atoms with Crippen molar-refractivity contribution in [3.05, 3.63) is 21.9 Å². The molecule has 2 heteroatoms. The Balaban J connectivity index is 1.81. The first kappa shape index (κ1) is 12.7. The molecular formula is C16H24OS. The molecular weight excluding hydrogens is 240 g/mol. The summed E-state index contributed by atoms with van der Waals surface area (Å²) in [6.07, 6.45) is 2.37. The highest BCUT2D eigenvalue weighted by molar-refractivity contribution is 7.10. The van der Waals surface area contributed by atoms with Gasteiger partial charge in [0.15, 0.2) is 0 Å². The number of fused-ring (bicyclic) bond motifs is 2. The summed E-state index contributed by atoms with van der Waals surface area (Å²) >= 11 is 1.72. The van der Waals surface area contributed by atoms with Gasteiger partial charge in [-0.1, -0.05) is 20.8 Å². The van der Waals surface area contributed by atoms with E-state index in [-0.39, 0.29) is 6.10 Å². The second-order valence-corrected chi connectivity index (χ2v) is 7.98. The lowest BCUT2D eigenvalue weighted by Crippen LogP contribution is -2.55. The van der Waals surface area contributed by atoms with Crippen LogP contribution in [0.15, 0.2) is 11.4 Å². The van der Waals surface area contributed by atoms with Gasteiger partial charge in [0.05, 0.1) is 6.10 Å². The summed E-state index contributed by atoms with van der Waals surface area (Å²) < 4.78 is 0. The fraction of sp³-hybridized carbons (Fsp3) is 0.750. The predicted octanol–water partition coefficient (Wildman–Crippen LogP) is 4.41. The Labute approximate surface area is 114 Å². The maximum Gasteiger partial charge on any atom is 0.0915 e. The van der Waals surface area contributed by atoms with Crippen molar-refractivity contribution in [2.75, 3.05) is 0 Å². The van der Waals surface area contributed by atoms with Crippen LogP contribution in [0.2, 0.25) is 0 Å². The minimum absolute atomic E-state index is 0.235. The quantitative estimate of drug-likeness (QED) is 0.839. The first-order chi connectivity index (χ1) is 8.43. The van der Waals surface area contributed by atoms with E-state index in [0.29, 0.717) is 17.3 Å². The Morgan fingerprint density at radius 3 is 2.61 bits per heavy atom. The van der Waals surface area contributed by atoms with Gasteiger partial charge >= 0.3 is 0 Å². The van der Waals surface area contributed by atoms with Crippen LogP contribution >= 0.6 is 11.3 Å². The molecule has 0 radical (unpaired) electrons. The number of aryl methyl sites for hydroxylation is 1. The third-order valence-electron chi connectivity index (χ3n) is 5.99. The Morgan fingerprint density at radius 2 is 2.11 bits per heavy atom. The van der Waals surface area contributed by atoms with Crippen molar-refractivity contribution in [1.82, 2.24) is 0 Å². The van der Waals surface area contributed by atoms with Crippen LogP contribution in [0.3, 0.4) is 0 Å². The van der Waals surface area contributed by atoms with E-state index in [1.54, 1.807) is 11.3 Å². The van der Waals surface area contributed by atoms with Gasteiger partial charge in [0.1, 0.15) is 0 Å². The van der Waals surface area contributed by atoms with Crippen LogP contribution in [0.1, 0.15) is 50.2 Å². The van der Waals surface area contributed by atoms with Gasteiger partial charge in [0, 0.05) is 4.88 Å².